The van der Waals surface area contributed by atoms with E-state index in [1.165, 1.54) is 18.2 Å². The van der Waals surface area contributed by atoms with Crippen LogP contribution in [0.3, 0.4) is 0 Å². The number of benzene rings is 2. The summed E-state index contributed by atoms with van der Waals surface area (Å²) in [6, 6.07) is 11.7. The molecule has 2 amide bonds. The SMILES string of the molecule is O=C1CC2(CC(c3ccccc3Cl)=NO2)C(=O)N1c1cc(Cl)cc(Cl)c1. The van der Waals surface area contributed by atoms with Gasteiger partial charge in [-0.25, -0.2) is 4.90 Å². The minimum atomic E-state index is -1.36. The van der Waals surface area contributed by atoms with Gasteiger partial charge in [0.25, 0.3) is 5.91 Å². The van der Waals surface area contributed by atoms with Crippen molar-refractivity contribution >= 4 is 58.0 Å². The van der Waals surface area contributed by atoms with Gasteiger partial charge in [0, 0.05) is 27.1 Å². The van der Waals surface area contributed by atoms with Crippen molar-refractivity contribution < 1.29 is 14.4 Å². The van der Waals surface area contributed by atoms with E-state index < -0.39 is 17.4 Å². The number of oxime groups is 1. The predicted molar refractivity (Wildman–Crippen MR) is 100.0 cm³/mol. The lowest BCUT2D eigenvalue weighted by Gasteiger charge is -2.19. The topological polar surface area (TPSA) is 59.0 Å². The fourth-order valence-electron chi connectivity index (χ4n) is 3.17. The van der Waals surface area contributed by atoms with Crippen LogP contribution in [0.15, 0.2) is 47.6 Å². The number of carbonyl (C=O) groups excluding carboxylic acids is 2. The first kappa shape index (κ1) is 17.3. The number of imide groups is 1. The van der Waals surface area contributed by atoms with Crippen molar-refractivity contribution in [1.82, 2.24) is 0 Å². The first-order valence-corrected chi connectivity index (χ1v) is 8.86. The third-order valence-electron chi connectivity index (χ3n) is 4.35. The zero-order valence-corrected chi connectivity index (χ0v) is 15.5. The second-order valence-electron chi connectivity index (χ2n) is 6.12. The monoisotopic (exact) mass is 408 g/mol. The normalized spacial score (nSPS) is 22.1. The molecule has 132 valence electrons. The Hall–Kier alpha value is -2.08. The minimum Gasteiger partial charge on any atom is -0.378 e. The Morgan fingerprint density at radius 2 is 1.69 bits per heavy atom. The fraction of sp³-hybridized carbons (Fsp3) is 0.167. The Morgan fingerprint density at radius 3 is 2.38 bits per heavy atom. The zero-order valence-electron chi connectivity index (χ0n) is 13.2. The van der Waals surface area contributed by atoms with Gasteiger partial charge < -0.3 is 4.84 Å². The molecule has 1 atom stereocenters. The van der Waals surface area contributed by atoms with Gasteiger partial charge in [0.15, 0.2) is 0 Å². The molecular weight excluding hydrogens is 399 g/mol. The average Bonchev–Trinajstić information content (AvgIpc) is 3.09. The number of amides is 2. The summed E-state index contributed by atoms with van der Waals surface area (Å²) in [4.78, 5) is 32.1. The van der Waals surface area contributed by atoms with E-state index in [0.29, 0.717) is 32.0 Å². The summed E-state index contributed by atoms with van der Waals surface area (Å²) in [5, 5.41) is 5.19. The van der Waals surface area contributed by atoms with E-state index >= 15 is 0 Å². The third kappa shape index (κ3) is 2.76. The van der Waals surface area contributed by atoms with Crippen LogP contribution in [-0.2, 0) is 14.4 Å². The van der Waals surface area contributed by atoms with Crippen molar-refractivity contribution in [1.29, 1.82) is 0 Å². The summed E-state index contributed by atoms with van der Waals surface area (Å²) in [5.74, 6) is -0.893. The van der Waals surface area contributed by atoms with E-state index in [4.69, 9.17) is 39.6 Å². The molecule has 0 saturated carbocycles. The third-order valence-corrected chi connectivity index (χ3v) is 5.12. The first-order valence-electron chi connectivity index (χ1n) is 7.73. The summed E-state index contributed by atoms with van der Waals surface area (Å²) in [6.07, 6.45) is 0.0412. The summed E-state index contributed by atoms with van der Waals surface area (Å²) < 4.78 is 0. The number of hydrogen-bond donors (Lipinski definition) is 0. The Morgan fingerprint density at radius 1 is 1.00 bits per heavy atom. The van der Waals surface area contributed by atoms with Crippen LogP contribution in [0, 0.1) is 0 Å². The van der Waals surface area contributed by atoms with Gasteiger partial charge >= 0.3 is 0 Å². The highest BCUT2D eigenvalue weighted by atomic mass is 35.5. The van der Waals surface area contributed by atoms with Crippen LogP contribution in [0.5, 0.6) is 0 Å². The Balaban J connectivity index is 1.65. The summed E-state index contributed by atoms with van der Waals surface area (Å²) in [6.45, 7) is 0. The first-order chi connectivity index (χ1) is 12.4. The van der Waals surface area contributed by atoms with Gasteiger partial charge in [0.2, 0.25) is 11.5 Å². The van der Waals surface area contributed by atoms with Crippen LogP contribution >= 0.6 is 34.8 Å². The molecule has 1 unspecified atom stereocenters. The van der Waals surface area contributed by atoms with Crippen LogP contribution in [0.25, 0.3) is 0 Å². The maximum Gasteiger partial charge on any atom is 0.281 e. The molecule has 26 heavy (non-hydrogen) atoms. The molecule has 5 nitrogen and oxygen atoms in total. The number of rotatable bonds is 2. The molecule has 2 aliphatic heterocycles. The highest BCUT2D eigenvalue weighted by Gasteiger charge is 2.58. The minimum absolute atomic E-state index is 0.118. The number of hydrogen-bond acceptors (Lipinski definition) is 4. The Bertz CT molecular complexity index is 956. The number of carbonyl (C=O) groups is 2. The largest absolute Gasteiger partial charge is 0.378 e. The van der Waals surface area contributed by atoms with Gasteiger partial charge in [-0.15, -0.1) is 0 Å². The molecule has 2 aliphatic rings. The molecule has 2 aromatic carbocycles. The number of nitrogens with zero attached hydrogens (tertiary/aromatic N) is 2. The second kappa shape index (κ2) is 6.27. The molecule has 2 aromatic rings. The van der Waals surface area contributed by atoms with E-state index in [-0.39, 0.29) is 12.8 Å². The number of halogens is 3. The number of anilines is 1. The Labute approximate surface area is 164 Å². The molecule has 2 heterocycles. The molecule has 0 aliphatic carbocycles. The smallest absolute Gasteiger partial charge is 0.281 e. The van der Waals surface area contributed by atoms with Crippen LogP contribution in [0.2, 0.25) is 15.1 Å². The van der Waals surface area contributed by atoms with E-state index in [1.807, 2.05) is 6.07 Å². The average molecular weight is 410 g/mol. The molecule has 0 N–H and O–H groups in total. The van der Waals surface area contributed by atoms with Crippen LogP contribution < -0.4 is 4.90 Å². The molecule has 0 radical (unpaired) electrons. The molecule has 0 aromatic heterocycles. The second-order valence-corrected chi connectivity index (χ2v) is 7.40. The molecular formula is C18H11Cl3N2O3. The molecule has 4 rings (SSSR count). The highest BCUT2D eigenvalue weighted by Crippen LogP contribution is 2.40. The summed E-state index contributed by atoms with van der Waals surface area (Å²) in [5.41, 5.74) is 0.155. The van der Waals surface area contributed by atoms with Crippen molar-refractivity contribution in [2.75, 3.05) is 4.90 Å². The molecule has 8 heteroatoms. The van der Waals surface area contributed by atoms with Crippen molar-refractivity contribution in [3.63, 3.8) is 0 Å². The van der Waals surface area contributed by atoms with Crippen molar-refractivity contribution in [2.24, 2.45) is 5.16 Å². The van der Waals surface area contributed by atoms with Gasteiger partial charge in [-0.05, 0) is 24.3 Å². The van der Waals surface area contributed by atoms with Crippen LogP contribution in [0.1, 0.15) is 18.4 Å². The quantitative estimate of drug-likeness (QED) is 0.687. The zero-order chi connectivity index (χ0) is 18.5. The lowest BCUT2D eigenvalue weighted by molar-refractivity contribution is -0.136. The molecule has 1 spiro atoms. The fourth-order valence-corrected chi connectivity index (χ4v) is 3.93. The standard InChI is InChI=1S/C18H11Cl3N2O3/c19-10-5-11(20)7-12(6-10)23-16(24)9-18(17(23)25)8-15(22-26-18)13-3-1-2-4-14(13)21/h1-7H,8-9H2. The van der Waals surface area contributed by atoms with Crippen LogP contribution in [0.4, 0.5) is 5.69 Å². The van der Waals surface area contributed by atoms with Crippen molar-refractivity contribution in [3.05, 3.63) is 63.1 Å². The van der Waals surface area contributed by atoms with Crippen LogP contribution in [-0.4, -0.2) is 23.1 Å². The maximum absolute atomic E-state index is 13.0. The lowest BCUT2D eigenvalue weighted by atomic mass is 9.92. The molecule has 0 bridgehead atoms. The van der Waals surface area contributed by atoms with Gasteiger partial charge in [-0.3, -0.25) is 9.59 Å². The molecule has 1 saturated heterocycles. The van der Waals surface area contributed by atoms with Crippen molar-refractivity contribution in [3.8, 4) is 0 Å². The molecule has 1 fully saturated rings. The van der Waals surface area contributed by atoms with Gasteiger partial charge in [0.05, 0.1) is 17.8 Å². The summed E-state index contributed by atoms with van der Waals surface area (Å²) in [7, 11) is 0. The van der Waals surface area contributed by atoms with E-state index in [1.54, 1.807) is 18.2 Å². The van der Waals surface area contributed by atoms with Gasteiger partial charge in [0.1, 0.15) is 0 Å². The lowest BCUT2D eigenvalue weighted by Crippen LogP contribution is -2.40. The van der Waals surface area contributed by atoms with Crippen molar-refractivity contribution in [2.45, 2.75) is 18.4 Å². The summed E-state index contributed by atoms with van der Waals surface area (Å²) >= 11 is 18.2. The highest BCUT2D eigenvalue weighted by molar-refractivity contribution is 6.36. The predicted octanol–water partition coefficient (Wildman–Crippen LogP) is 4.47. The van der Waals surface area contributed by atoms with E-state index in [9.17, 15) is 9.59 Å². The van der Waals surface area contributed by atoms with E-state index in [0.717, 1.165) is 4.90 Å². The van der Waals surface area contributed by atoms with Gasteiger partial charge in [-0.1, -0.05) is 58.2 Å². The van der Waals surface area contributed by atoms with Gasteiger partial charge in [-0.2, -0.15) is 0 Å². The Kier molecular flexibility index (Phi) is 4.18. The maximum atomic E-state index is 13.0. The van der Waals surface area contributed by atoms with E-state index in [2.05, 4.69) is 5.16 Å².